The fourth-order valence-corrected chi connectivity index (χ4v) is 2.23. The summed E-state index contributed by atoms with van der Waals surface area (Å²) < 4.78 is 11.0. The summed E-state index contributed by atoms with van der Waals surface area (Å²) in [6.07, 6.45) is -0.221. The van der Waals surface area contributed by atoms with Crippen LogP contribution in [0.1, 0.15) is 20.8 Å². The summed E-state index contributed by atoms with van der Waals surface area (Å²) in [6.45, 7) is 9.43. The topological polar surface area (TPSA) is 50.8 Å². The third kappa shape index (κ3) is 3.33. The maximum Gasteiger partial charge on any atom is 0.410 e. The van der Waals surface area contributed by atoms with Gasteiger partial charge < -0.3 is 19.7 Å². The molecular weight excluding hydrogens is 220 g/mol. The Labute approximate surface area is 102 Å². The number of rotatable bonds is 0. The van der Waals surface area contributed by atoms with E-state index in [1.54, 1.807) is 0 Å². The summed E-state index contributed by atoms with van der Waals surface area (Å²) >= 11 is 0. The van der Waals surface area contributed by atoms with Crippen LogP contribution in [0.2, 0.25) is 0 Å². The summed E-state index contributed by atoms with van der Waals surface area (Å²) in [5, 5.41) is 3.37. The standard InChI is InChI=1S/C12H22N2O3/c1-12(2,3)17-11(15)14-6-9-4-13-5-10(14)8-16-7-9/h9-10,13H,4-8H2,1-3H3/t9-,10-/m0/s1. The van der Waals surface area contributed by atoms with E-state index >= 15 is 0 Å². The first-order valence-electron chi connectivity index (χ1n) is 6.24. The molecule has 0 radical (unpaired) electrons. The first-order valence-corrected chi connectivity index (χ1v) is 6.24. The Morgan fingerprint density at radius 3 is 2.82 bits per heavy atom. The van der Waals surface area contributed by atoms with Gasteiger partial charge in [0.25, 0.3) is 0 Å². The molecule has 2 rings (SSSR count). The lowest BCUT2D eigenvalue weighted by Gasteiger charge is -2.30. The van der Waals surface area contributed by atoms with Gasteiger partial charge in [-0.3, -0.25) is 0 Å². The van der Waals surface area contributed by atoms with Crippen LogP contribution in [0.4, 0.5) is 4.79 Å². The monoisotopic (exact) mass is 242 g/mol. The predicted octanol–water partition coefficient (Wildman–Crippen LogP) is 0.842. The number of nitrogens with zero attached hydrogens (tertiary/aromatic N) is 1. The molecule has 0 saturated carbocycles. The highest BCUT2D eigenvalue weighted by molar-refractivity contribution is 5.68. The molecule has 0 spiro atoms. The van der Waals surface area contributed by atoms with Crippen molar-refractivity contribution in [1.82, 2.24) is 10.2 Å². The van der Waals surface area contributed by atoms with Gasteiger partial charge in [0.2, 0.25) is 0 Å². The lowest BCUT2D eigenvalue weighted by Crippen LogP contribution is -2.47. The molecule has 1 N–H and O–H groups in total. The van der Waals surface area contributed by atoms with Gasteiger partial charge in [-0.25, -0.2) is 4.79 Å². The Morgan fingerprint density at radius 1 is 1.35 bits per heavy atom. The van der Waals surface area contributed by atoms with E-state index in [4.69, 9.17) is 9.47 Å². The van der Waals surface area contributed by atoms with E-state index in [9.17, 15) is 4.79 Å². The molecule has 2 aliphatic rings. The molecule has 2 atom stereocenters. The number of hydrogen-bond acceptors (Lipinski definition) is 4. The fraction of sp³-hybridized carbons (Fsp3) is 0.917. The molecule has 0 aromatic carbocycles. The molecule has 0 unspecified atom stereocenters. The summed E-state index contributed by atoms with van der Waals surface area (Å²) in [4.78, 5) is 14.0. The van der Waals surface area contributed by atoms with Crippen molar-refractivity contribution in [2.24, 2.45) is 5.92 Å². The number of fused-ring (bicyclic) bond motifs is 3. The largest absolute Gasteiger partial charge is 0.444 e. The third-order valence-electron chi connectivity index (χ3n) is 3.00. The zero-order chi connectivity index (χ0) is 12.5. The zero-order valence-corrected chi connectivity index (χ0v) is 10.9. The van der Waals surface area contributed by atoms with E-state index in [2.05, 4.69) is 5.32 Å². The molecule has 0 aromatic heterocycles. The smallest absolute Gasteiger partial charge is 0.410 e. The highest BCUT2D eigenvalue weighted by atomic mass is 16.6. The van der Waals surface area contributed by atoms with Crippen LogP contribution in [0.15, 0.2) is 0 Å². The highest BCUT2D eigenvalue weighted by Gasteiger charge is 2.34. The minimum absolute atomic E-state index is 0.0948. The van der Waals surface area contributed by atoms with Crippen molar-refractivity contribution in [1.29, 1.82) is 0 Å². The van der Waals surface area contributed by atoms with E-state index in [1.807, 2.05) is 25.7 Å². The van der Waals surface area contributed by atoms with E-state index in [0.717, 1.165) is 26.2 Å². The van der Waals surface area contributed by atoms with Crippen LogP contribution in [0, 0.1) is 5.92 Å². The van der Waals surface area contributed by atoms with Crippen molar-refractivity contribution >= 4 is 6.09 Å². The molecule has 5 heteroatoms. The van der Waals surface area contributed by atoms with Crippen LogP contribution < -0.4 is 5.32 Å². The molecule has 98 valence electrons. The second kappa shape index (κ2) is 4.82. The summed E-state index contributed by atoms with van der Waals surface area (Å²) in [5.74, 6) is 0.370. The van der Waals surface area contributed by atoms with Crippen LogP contribution >= 0.6 is 0 Å². The lowest BCUT2D eigenvalue weighted by molar-refractivity contribution is 0.0131. The molecule has 0 aliphatic carbocycles. The number of amides is 1. The molecule has 2 aliphatic heterocycles. The quantitative estimate of drug-likeness (QED) is 0.684. The number of hydrogen-bond donors (Lipinski definition) is 1. The van der Waals surface area contributed by atoms with Crippen LogP contribution in [0.3, 0.4) is 0 Å². The molecule has 2 fully saturated rings. The second-order valence-corrected chi connectivity index (χ2v) is 5.85. The SMILES string of the molecule is CC(C)(C)OC(=O)N1C[C@@H]2CNC[C@H]1COC2. The molecule has 2 heterocycles. The Morgan fingerprint density at radius 2 is 2.12 bits per heavy atom. The summed E-state index contributed by atoms with van der Waals surface area (Å²) in [5.41, 5.74) is -0.439. The van der Waals surface area contributed by atoms with Crippen molar-refractivity contribution < 1.29 is 14.3 Å². The number of ether oxygens (including phenoxy) is 2. The zero-order valence-electron chi connectivity index (χ0n) is 10.9. The maximum absolute atomic E-state index is 12.1. The first kappa shape index (κ1) is 12.6. The molecule has 1 amide bonds. The molecule has 17 heavy (non-hydrogen) atoms. The minimum atomic E-state index is -0.439. The van der Waals surface area contributed by atoms with Gasteiger partial charge >= 0.3 is 6.09 Å². The van der Waals surface area contributed by atoms with Crippen LogP contribution in [-0.4, -0.2) is 55.5 Å². The third-order valence-corrected chi connectivity index (χ3v) is 3.00. The van der Waals surface area contributed by atoms with Crippen LogP contribution in [0.5, 0.6) is 0 Å². The van der Waals surface area contributed by atoms with E-state index < -0.39 is 5.60 Å². The van der Waals surface area contributed by atoms with Gasteiger partial charge in [-0.05, 0) is 20.8 Å². The van der Waals surface area contributed by atoms with E-state index in [0.29, 0.717) is 12.5 Å². The lowest BCUT2D eigenvalue weighted by atomic mass is 10.1. The number of carbonyl (C=O) groups excluding carboxylic acids is 1. The van der Waals surface area contributed by atoms with Gasteiger partial charge in [0.1, 0.15) is 5.60 Å². The number of nitrogens with one attached hydrogen (secondary N) is 1. The maximum atomic E-state index is 12.1. The summed E-state index contributed by atoms with van der Waals surface area (Å²) in [6, 6.07) is 0.0948. The molecular formula is C12H22N2O3. The summed E-state index contributed by atoms with van der Waals surface area (Å²) in [7, 11) is 0. The Hall–Kier alpha value is -0.810. The van der Waals surface area contributed by atoms with E-state index in [-0.39, 0.29) is 12.1 Å². The van der Waals surface area contributed by atoms with Gasteiger partial charge in [0.05, 0.1) is 19.3 Å². The average molecular weight is 242 g/mol. The fourth-order valence-electron chi connectivity index (χ4n) is 2.23. The van der Waals surface area contributed by atoms with Crippen molar-refractivity contribution in [3.8, 4) is 0 Å². The van der Waals surface area contributed by atoms with Gasteiger partial charge in [0.15, 0.2) is 0 Å². The van der Waals surface area contributed by atoms with Crippen LogP contribution in [-0.2, 0) is 9.47 Å². The Kier molecular flexibility index (Phi) is 3.58. The minimum Gasteiger partial charge on any atom is -0.444 e. The molecule has 2 saturated heterocycles. The molecule has 5 nitrogen and oxygen atoms in total. The van der Waals surface area contributed by atoms with Crippen molar-refractivity contribution in [2.75, 3.05) is 32.8 Å². The van der Waals surface area contributed by atoms with Gasteiger partial charge in [-0.1, -0.05) is 0 Å². The number of carbonyl (C=O) groups is 1. The Bertz CT molecular complexity index is 278. The van der Waals surface area contributed by atoms with Gasteiger partial charge in [0, 0.05) is 25.6 Å². The van der Waals surface area contributed by atoms with Crippen molar-refractivity contribution in [2.45, 2.75) is 32.4 Å². The van der Waals surface area contributed by atoms with Gasteiger partial charge in [-0.15, -0.1) is 0 Å². The normalized spacial score (nSPS) is 29.7. The average Bonchev–Trinajstić information content (AvgIpc) is 2.44. The van der Waals surface area contributed by atoms with Gasteiger partial charge in [-0.2, -0.15) is 0 Å². The molecule has 0 aromatic rings. The van der Waals surface area contributed by atoms with Crippen LogP contribution in [0.25, 0.3) is 0 Å². The Balaban J connectivity index is 2.06. The first-order chi connectivity index (χ1) is 7.96. The molecule has 2 bridgehead atoms. The van der Waals surface area contributed by atoms with Crippen molar-refractivity contribution in [3.63, 3.8) is 0 Å². The second-order valence-electron chi connectivity index (χ2n) is 5.85. The van der Waals surface area contributed by atoms with Crippen molar-refractivity contribution in [3.05, 3.63) is 0 Å². The predicted molar refractivity (Wildman–Crippen MR) is 63.9 cm³/mol. The highest BCUT2D eigenvalue weighted by Crippen LogP contribution is 2.18. The van der Waals surface area contributed by atoms with E-state index in [1.165, 1.54) is 0 Å².